The SMILES string of the molecule is CCc1nc2sc3c(c2c2nnc(SCC(=O)N4CCCCC4C)n12)CCC(C)C3. The van der Waals surface area contributed by atoms with Gasteiger partial charge in [-0.25, -0.2) is 4.98 Å². The number of amides is 1. The molecule has 1 saturated heterocycles. The number of nitrogens with zero attached hydrogens (tertiary/aromatic N) is 5. The maximum atomic E-state index is 12.8. The highest BCUT2D eigenvalue weighted by molar-refractivity contribution is 7.99. The van der Waals surface area contributed by atoms with E-state index in [1.807, 2.05) is 16.2 Å². The van der Waals surface area contributed by atoms with Gasteiger partial charge in [-0.2, -0.15) is 0 Å². The van der Waals surface area contributed by atoms with Crippen LogP contribution in [0.25, 0.3) is 15.9 Å². The smallest absolute Gasteiger partial charge is 0.233 e. The van der Waals surface area contributed by atoms with Crippen molar-refractivity contribution in [3.8, 4) is 0 Å². The van der Waals surface area contributed by atoms with Crippen molar-refractivity contribution in [2.24, 2.45) is 5.92 Å². The molecule has 0 radical (unpaired) electrons. The molecule has 30 heavy (non-hydrogen) atoms. The third-order valence-electron chi connectivity index (χ3n) is 6.60. The first-order valence-electron chi connectivity index (χ1n) is 11.2. The van der Waals surface area contributed by atoms with Gasteiger partial charge in [0.15, 0.2) is 10.8 Å². The minimum Gasteiger partial charge on any atom is -0.339 e. The van der Waals surface area contributed by atoms with Crippen LogP contribution < -0.4 is 0 Å². The number of hydrogen-bond donors (Lipinski definition) is 0. The highest BCUT2D eigenvalue weighted by Crippen LogP contribution is 2.39. The summed E-state index contributed by atoms with van der Waals surface area (Å²) in [5.74, 6) is 2.33. The minimum atomic E-state index is 0.206. The first-order valence-corrected chi connectivity index (χ1v) is 13.0. The Morgan fingerprint density at radius 3 is 2.90 bits per heavy atom. The Morgan fingerprint density at radius 2 is 2.10 bits per heavy atom. The third-order valence-corrected chi connectivity index (χ3v) is 8.67. The van der Waals surface area contributed by atoms with Crippen molar-refractivity contribution >= 4 is 44.9 Å². The monoisotopic (exact) mass is 443 g/mol. The van der Waals surface area contributed by atoms with Crippen LogP contribution in [-0.2, 0) is 24.1 Å². The van der Waals surface area contributed by atoms with E-state index >= 15 is 0 Å². The van der Waals surface area contributed by atoms with Crippen molar-refractivity contribution < 1.29 is 4.79 Å². The van der Waals surface area contributed by atoms with Crippen molar-refractivity contribution in [1.29, 1.82) is 0 Å². The van der Waals surface area contributed by atoms with Crippen LogP contribution in [0.4, 0.5) is 0 Å². The fraction of sp³-hybridized carbons (Fsp3) is 0.636. The van der Waals surface area contributed by atoms with Gasteiger partial charge in [0.2, 0.25) is 5.91 Å². The zero-order valence-electron chi connectivity index (χ0n) is 18.0. The molecule has 2 aliphatic rings. The normalized spacial score (nSPS) is 22.0. The molecule has 4 heterocycles. The summed E-state index contributed by atoms with van der Waals surface area (Å²) in [7, 11) is 0. The molecule has 2 atom stereocenters. The van der Waals surface area contributed by atoms with Crippen LogP contribution in [0.5, 0.6) is 0 Å². The molecule has 3 aromatic rings. The number of carbonyl (C=O) groups is 1. The van der Waals surface area contributed by atoms with Crippen molar-refractivity contribution in [3.63, 3.8) is 0 Å². The molecule has 0 N–H and O–H groups in total. The summed E-state index contributed by atoms with van der Waals surface area (Å²) in [5.41, 5.74) is 2.35. The molecule has 1 fully saturated rings. The van der Waals surface area contributed by atoms with E-state index in [0.717, 1.165) is 66.0 Å². The highest BCUT2D eigenvalue weighted by atomic mass is 32.2. The van der Waals surface area contributed by atoms with Gasteiger partial charge in [-0.1, -0.05) is 25.6 Å². The molecule has 3 aromatic heterocycles. The van der Waals surface area contributed by atoms with Gasteiger partial charge in [-0.05, 0) is 56.9 Å². The van der Waals surface area contributed by atoms with E-state index in [0.29, 0.717) is 11.8 Å². The fourth-order valence-electron chi connectivity index (χ4n) is 4.89. The lowest BCUT2D eigenvalue weighted by Crippen LogP contribution is -2.42. The average Bonchev–Trinajstić information content (AvgIpc) is 3.32. The Labute approximate surface area is 185 Å². The first-order chi connectivity index (χ1) is 14.6. The summed E-state index contributed by atoms with van der Waals surface area (Å²) < 4.78 is 2.10. The molecule has 0 aromatic carbocycles. The third kappa shape index (κ3) is 3.42. The summed E-state index contributed by atoms with van der Waals surface area (Å²) >= 11 is 3.33. The molecule has 1 aliphatic carbocycles. The zero-order chi connectivity index (χ0) is 20.8. The number of fused-ring (bicyclic) bond motifs is 5. The van der Waals surface area contributed by atoms with Crippen LogP contribution in [0.15, 0.2) is 5.16 Å². The minimum absolute atomic E-state index is 0.206. The van der Waals surface area contributed by atoms with Crippen LogP contribution in [0.3, 0.4) is 0 Å². The van der Waals surface area contributed by atoms with E-state index in [1.165, 1.54) is 40.4 Å². The lowest BCUT2D eigenvalue weighted by molar-refractivity contribution is -0.131. The molecule has 6 nitrogen and oxygen atoms in total. The predicted molar refractivity (Wildman–Crippen MR) is 122 cm³/mol. The number of thioether (sulfide) groups is 1. The number of rotatable bonds is 4. The van der Waals surface area contributed by atoms with E-state index in [2.05, 4.69) is 35.4 Å². The zero-order valence-corrected chi connectivity index (χ0v) is 19.6. The highest BCUT2D eigenvalue weighted by Gasteiger charge is 2.27. The second-order valence-electron chi connectivity index (χ2n) is 8.78. The Kier molecular flexibility index (Phi) is 5.47. The molecule has 1 aliphatic heterocycles. The molecular formula is C22H29N5OS2. The van der Waals surface area contributed by atoms with Crippen LogP contribution in [0, 0.1) is 5.92 Å². The largest absolute Gasteiger partial charge is 0.339 e. The van der Waals surface area contributed by atoms with Gasteiger partial charge in [-0.15, -0.1) is 21.5 Å². The average molecular weight is 444 g/mol. The number of aromatic nitrogens is 4. The van der Waals surface area contributed by atoms with E-state index in [4.69, 9.17) is 4.98 Å². The van der Waals surface area contributed by atoms with Crippen molar-refractivity contribution in [2.75, 3.05) is 12.3 Å². The van der Waals surface area contributed by atoms with Gasteiger partial charge in [0.1, 0.15) is 10.7 Å². The van der Waals surface area contributed by atoms with Gasteiger partial charge in [0.05, 0.1) is 11.1 Å². The van der Waals surface area contributed by atoms with Crippen LogP contribution in [0.2, 0.25) is 0 Å². The Morgan fingerprint density at radius 1 is 1.23 bits per heavy atom. The Hall–Kier alpha value is -1.67. The van der Waals surface area contributed by atoms with E-state index in [-0.39, 0.29) is 5.91 Å². The van der Waals surface area contributed by atoms with E-state index in [9.17, 15) is 4.79 Å². The number of carbonyl (C=O) groups excluding carboxylic acids is 1. The maximum Gasteiger partial charge on any atom is 0.233 e. The standard InChI is InChI=1S/C22H29N5OS2/c1-4-17-23-21-19(15-9-8-13(2)11-16(15)30-21)20-24-25-22(27(17)20)29-12-18(28)26-10-6-5-7-14(26)3/h13-14H,4-12H2,1-3H3. The molecule has 0 saturated carbocycles. The van der Waals surface area contributed by atoms with Gasteiger partial charge in [-0.3, -0.25) is 9.20 Å². The summed E-state index contributed by atoms with van der Waals surface area (Å²) in [6.07, 6.45) is 7.71. The van der Waals surface area contributed by atoms with Gasteiger partial charge in [0, 0.05) is 23.9 Å². The summed E-state index contributed by atoms with van der Waals surface area (Å²) in [6.45, 7) is 7.49. The van der Waals surface area contributed by atoms with Crippen LogP contribution in [-0.4, -0.2) is 48.7 Å². The van der Waals surface area contributed by atoms with E-state index in [1.54, 1.807) is 0 Å². The van der Waals surface area contributed by atoms with Crippen LogP contribution in [0.1, 0.15) is 62.7 Å². The summed E-state index contributed by atoms with van der Waals surface area (Å²) in [4.78, 5) is 22.4. The second-order valence-corrected chi connectivity index (χ2v) is 10.8. The van der Waals surface area contributed by atoms with Gasteiger partial charge < -0.3 is 4.90 Å². The molecule has 160 valence electrons. The number of thiophene rings is 1. The lowest BCUT2D eigenvalue weighted by atomic mass is 9.89. The Balaban J connectivity index is 1.49. The van der Waals surface area contributed by atoms with Crippen molar-refractivity contribution in [2.45, 2.75) is 76.9 Å². The molecule has 2 unspecified atom stereocenters. The van der Waals surface area contributed by atoms with Crippen LogP contribution >= 0.6 is 23.1 Å². The number of piperidine rings is 1. The second kappa shape index (κ2) is 8.11. The topological polar surface area (TPSA) is 63.4 Å². The summed E-state index contributed by atoms with van der Waals surface area (Å²) in [5, 5.41) is 11.1. The van der Waals surface area contributed by atoms with E-state index < -0.39 is 0 Å². The molecule has 0 bridgehead atoms. The maximum absolute atomic E-state index is 12.8. The number of hydrogen-bond acceptors (Lipinski definition) is 6. The fourth-order valence-corrected chi connectivity index (χ4v) is 7.12. The predicted octanol–water partition coefficient (Wildman–Crippen LogP) is 4.52. The number of likely N-dealkylation sites (tertiary alicyclic amines) is 1. The van der Waals surface area contributed by atoms with Crippen molar-refractivity contribution in [1.82, 2.24) is 24.5 Å². The molecule has 8 heteroatoms. The quantitative estimate of drug-likeness (QED) is 0.555. The van der Waals surface area contributed by atoms with Gasteiger partial charge >= 0.3 is 0 Å². The first kappa shape index (κ1) is 20.2. The lowest BCUT2D eigenvalue weighted by Gasteiger charge is -2.33. The molecule has 1 amide bonds. The molecule has 0 spiro atoms. The Bertz CT molecular complexity index is 1100. The molecular weight excluding hydrogens is 414 g/mol. The van der Waals surface area contributed by atoms with Gasteiger partial charge in [0.25, 0.3) is 0 Å². The number of aryl methyl sites for hydroxylation is 2. The van der Waals surface area contributed by atoms with Crippen molar-refractivity contribution in [3.05, 3.63) is 16.3 Å². The molecule has 5 rings (SSSR count). The summed E-state index contributed by atoms with van der Waals surface area (Å²) in [6, 6.07) is 0.342.